The molecule has 2 N–H and O–H groups in total. The summed E-state index contributed by atoms with van der Waals surface area (Å²) in [6, 6.07) is 7.22. The second kappa shape index (κ2) is 7.70. The van der Waals surface area contributed by atoms with Gasteiger partial charge in [-0.15, -0.1) is 11.3 Å². The van der Waals surface area contributed by atoms with Crippen LogP contribution in [0.5, 0.6) is 0 Å². The second-order valence-corrected chi connectivity index (χ2v) is 7.23. The average Bonchev–Trinajstić information content (AvgIpc) is 2.92. The zero-order chi connectivity index (χ0) is 17.0. The van der Waals surface area contributed by atoms with E-state index in [2.05, 4.69) is 31.5 Å². The van der Waals surface area contributed by atoms with Gasteiger partial charge in [0.05, 0.1) is 5.69 Å². The Balaban J connectivity index is 2.11. The normalized spacial score (nSPS) is 12.0. The van der Waals surface area contributed by atoms with Crippen LogP contribution in [0.3, 0.4) is 0 Å². The standard InChI is InChI=1S/C16H18BrN3O2S/c1-9(2)14(18-10(3)21)15(22)20-16-19-13(8-23-16)11-5-4-6-12(17)7-11/h4-9,14H,1-3H3,(H,18,21)(H,19,20,22). The lowest BCUT2D eigenvalue weighted by Crippen LogP contribution is -2.46. The third kappa shape index (κ3) is 4.87. The monoisotopic (exact) mass is 395 g/mol. The topological polar surface area (TPSA) is 71.1 Å². The van der Waals surface area contributed by atoms with E-state index in [1.807, 2.05) is 43.5 Å². The number of rotatable bonds is 5. The SMILES string of the molecule is CC(=O)NC(C(=O)Nc1nc(-c2cccc(Br)c2)cs1)C(C)C. The molecule has 122 valence electrons. The molecule has 0 radical (unpaired) electrons. The first-order valence-corrected chi connectivity index (χ1v) is 8.83. The van der Waals surface area contributed by atoms with Gasteiger partial charge in [0.25, 0.3) is 0 Å². The summed E-state index contributed by atoms with van der Waals surface area (Å²) in [7, 11) is 0. The van der Waals surface area contributed by atoms with E-state index in [0.717, 1.165) is 15.7 Å². The maximum atomic E-state index is 12.3. The summed E-state index contributed by atoms with van der Waals surface area (Å²) >= 11 is 4.79. The molecule has 0 saturated carbocycles. The number of nitrogens with zero attached hydrogens (tertiary/aromatic N) is 1. The molecule has 0 spiro atoms. The minimum absolute atomic E-state index is 0.0107. The quantitative estimate of drug-likeness (QED) is 0.810. The van der Waals surface area contributed by atoms with Crippen molar-refractivity contribution in [2.45, 2.75) is 26.8 Å². The molecule has 1 atom stereocenters. The highest BCUT2D eigenvalue weighted by Crippen LogP contribution is 2.27. The number of thiazole rings is 1. The zero-order valence-electron chi connectivity index (χ0n) is 13.1. The van der Waals surface area contributed by atoms with Gasteiger partial charge in [-0.2, -0.15) is 0 Å². The Labute approximate surface area is 147 Å². The van der Waals surface area contributed by atoms with E-state index < -0.39 is 6.04 Å². The fraction of sp³-hybridized carbons (Fsp3) is 0.312. The molecule has 0 fully saturated rings. The van der Waals surface area contributed by atoms with Crippen molar-refractivity contribution in [2.24, 2.45) is 5.92 Å². The number of anilines is 1. The molecule has 0 saturated heterocycles. The number of benzene rings is 1. The van der Waals surface area contributed by atoms with Crippen molar-refractivity contribution in [3.63, 3.8) is 0 Å². The second-order valence-electron chi connectivity index (χ2n) is 5.46. The van der Waals surface area contributed by atoms with Gasteiger partial charge in [0, 0.05) is 22.3 Å². The van der Waals surface area contributed by atoms with Crippen LogP contribution < -0.4 is 10.6 Å². The Hall–Kier alpha value is -1.73. The van der Waals surface area contributed by atoms with Gasteiger partial charge in [-0.1, -0.05) is 41.9 Å². The van der Waals surface area contributed by atoms with E-state index in [1.54, 1.807) is 0 Å². The molecule has 2 aromatic rings. The third-order valence-corrected chi connectivity index (χ3v) is 4.41. The minimum Gasteiger partial charge on any atom is -0.344 e. The van der Waals surface area contributed by atoms with Crippen molar-refractivity contribution in [3.8, 4) is 11.3 Å². The lowest BCUT2D eigenvalue weighted by Gasteiger charge is -2.20. The fourth-order valence-electron chi connectivity index (χ4n) is 2.05. The minimum atomic E-state index is -0.578. The Kier molecular flexibility index (Phi) is 5.90. The van der Waals surface area contributed by atoms with Gasteiger partial charge < -0.3 is 10.6 Å². The molecule has 1 heterocycles. The molecule has 2 amide bonds. The lowest BCUT2D eigenvalue weighted by atomic mass is 10.0. The first-order valence-electron chi connectivity index (χ1n) is 7.16. The van der Waals surface area contributed by atoms with Gasteiger partial charge in [0.15, 0.2) is 5.13 Å². The van der Waals surface area contributed by atoms with Crippen LogP contribution >= 0.6 is 27.3 Å². The Morgan fingerprint density at radius 2 is 2.04 bits per heavy atom. The largest absolute Gasteiger partial charge is 0.344 e. The predicted octanol–water partition coefficient (Wildman–Crippen LogP) is 3.67. The van der Waals surface area contributed by atoms with Crippen molar-refractivity contribution >= 4 is 44.2 Å². The van der Waals surface area contributed by atoms with Gasteiger partial charge in [0.1, 0.15) is 6.04 Å². The van der Waals surface area contributed by atoms with E-state index in [1.165, 1.54) is 18.3 Å². The molecule has 1 unspecified atom stereocenters. The summed E-state index contributed by atoms with van der Waals surface area (Å²) in [4.78, 5) is 28.0. The van der Waals surface area contributed by atoms with Crippen molar-refractivity contribution in [1.82, 2.24) is 10.3 Å². The van der Waals surface area contributed by atoms with Gasteiger partial charge in [-0.05, 0) is 18.1 Å². The Morgan fingerprint density at radius 1 is 1.30 bits per heavy atom. The van der Waals surface area contributed by atoms with Crippen LogP contribution in [-0.2, 0) is 9.59 Å². The molecule has 0 aliphatic rings. The van der Waals surface area contributed by atoms with Crippen LogP contribution in [0.25, 0.3) is 11.3 Å². The average molecular weight is 396 g/mol. The van der Waals surface area contributed by atoms with Crippen molar-refractivity contribution < 1.29 is 9.59 Å². The summed E-state index contributed by atoms with van der Waals surface area (Å²) in [5.74, 6) is -0.499. The maximum absolute atomic E-state index is 12.3. The van der Waals surface area contributed by atoms with E-state index >= 15 is 0 Å². The highest BCUT2D eigenvalue weighted by Gasteiger charge is 2.23. The number of carbonyl (C=O) groups excluding carboxylic acids is 2. The van der Waals surface area contributed by atoms with E-state index in [9.17, 15) is 9.59 Å². The number of carbonyl (C=O) groups is 2. The molecular weight excluding hydrogens is 378 g/mol. The van der Waals surface area contributed by atoms with Gasteiger partial charge in [0.2, 0.25) is 11.8 Å². The molecule has 1 aromatic carbocycles. The maximum Gasteiger partial charge on any atom is 0.248 e. The molecular formula is C16H18BrN3O2S. The first kappa shape index (κ1) is 17.6. The van der Waals surface area contributed by atoms with Crippen LogP contribution in [0, 0.1) is 5.92 Å². The molecule has 1 aromatic heterocycles. The smallest absolute Gasteiger partial charge is 0.248 e. The highest BCUT2D eigenvalue weighted by molar-refractivity contribution is 9.10. The molecule has 23 heavy (non-hydrogen) atoms. The third-order valence-electron chi connectivity index (χ3n) is 3.16. The molecule has 0 aliphatic carbocycles. The van der Waals surface area contributed by atoms with Gasteiger partial charge >= 0.3 is 0 Å². The van der Waals surface area contributed by atoms with Crippen LogP contribution in [0.2, 0.25) is 0 Å². The number of aromatic nitrogens is 1. The van der Waals surface area contributed by atoms with E-state index in [0.29, 0.717) is 5.13 Å². The Bertz CT molecular complexity index is 715. The van der Waals surface area contributed by atoms with Gasteiger partial charge in [-0.3, -0.25) is 9.59 Å². The molecule has 7 heteroatoms. The van der Waals surface area contributed by atoms with Crippen molar-refractivity contribution in [2.75, 3.05) is 5.32 Å². The number of hydrogen-bond acceptors (Lipinski definition) is 4. The summed E-state index contributed by atoms with van der Waals surface area (Å²) in [6.07, 6.45) is 0. The van der Waals surface area contributed by atoms with Crippen molar-refractivity contribution in [1.29, 1.82) is 0 Å². The molecule has 0 bridgehead atoms. The zero-order valence-corrected chi connectivity index (χ0v) is 15.5. The summed E-state index contributed by atoms with van der Waals surface area (Å²) < 4.78 is 0.971. The molecule has 5 nitrogen and oxygen atoms in total. The molecule has 2 rings (SSSR count). The van der Waals surface area contributed by atoms with E-state index in [-0.39, 0.29) is 17.7 Å². The van der Waals surface area contributed by atoms with Crippen LogP contribution in [0.1, 0.15) is 20.8 Å². The predicted molar refractivity (Wildman–Crippen MR) is 96.3 cm³/mol. The number of nitrogens with one attached hydrogen (secondary N) is 2. The first-order chi connectivity index (χ1) is 10.9. The number of halogens is 1. The Morgan fingerprint density at radius 3 is 2.65 bits per heavy atom. The molecule has 0 aliphatic heterocycles. The number of amides is 2. The van der Waals surface area contributed by atoms with Crippen LogP contribution in [0.4, 0.5) is 5.13 Å². The number of hydrogen-bond donors (Lipinski definition) is 2. The fourth-order valence-corrected chi connectivity index (χ4v) is 3.17. The summed E-state index contributed by atoms with van der Waals surface area (Å²) in [5, 5.41) is 7.84. The van der Waals surface area contributed by atoms with Crippen LogP contribution in [-0.4, -0.2) is 22.8 Å². The highest BCUT2D eigenvalue weighted by atomic mass is 79.9. The van der Waals surface area contributed by atoms with Crippen molar-refractivity contribution in [3.05, 3.63) is 34.1 Å². The van der Waals surface area contributed by atoms with E-state index in [4.69, 9.17) is 0 Å². The van der Waals surface area contributed by atoms with Gasteiger partial charge in [-0.25, -0.2) is 4.98 Å². The summed E-state index contributed by atoms with van der Waals surface area (Å²) in [5.41, 5.74) is 1.77. The summed E-state index contributed by atoms with van der Waals surface area (Å²) in [6.45, 7) is 5.17. The van der Waals surface area contributed by atoms with Crippen LogP contribution in [0.15, 0.2) is 34.1 Å². The lowest BCUT2D eigenvalue weighted by molar-refractivity contribution is -0.126.